The quantitative estimate of drug-likeness (QED) is 0.460. The molecular formula is C10H12O4. The molecule has 1 saturated heterocycles. The zero-order chi connectivity index (χ0) is 10.1. The molecule has 2 aliphatic rings. The molecule has 0 unspecified atom stereocenters. The second-order valence-corrected chi connectivity index (χ2v) is 3.60. The summed E-state index contributed by atoms with van der Waals surface area (Å²) in [5, 5.41) is 0. The third kappa shape index (κ3) is 1.41. The highest BCUT2D eigenvalue weighted by atomic mass is 16.6. The molecule has 1 aliphatic carbocycles. The molecule has 0 amide bonds. The maximum atomic E-state index is 11.3. The second kappa shape index (κ2) is 3.44. The highest BCUT2D eigenvalue weighted by Crippen LogP contribution is 2.39. The summed E-state index contributed by atoms with van der Waals surface area (Å²) < 4.78 is 9.61. The SMILES string of the molecule is COC(=O)/C=C1\C(=O)O[C@H]2CCC[C@@H]12. The number of carbonyl (C=O) groups is 2. The van der Waals surface area contributed by atoms with Crippen LogP contribution in [-0.2, 0) is 19.1 Å². The van der Waals surface area contributed by atoms with E-state index in [0.29, 0.717) is 5.57 Å². The van der Waals surface area contributed by atoms with Gasteiger partial charge in [0.25, 0.3) is 0 Å². The van der Waals surface area contributed by atoms with E-state index in [0.717, 1.165) is 19.3 Å². The van der Waals surface area contributed by atoms with Gasteiger partial charge in [-0.2, -0.15) is 0 Å². The standard InChI is InChI=1S/C10H12O4/c1-13-9(11)5-7-6-3-2-4-8(6)14-10(7)12/h5-6,8H,2-4H2,1H3/b7-5-/t6-,8-/m0/s1. The second-order valence-electron chi connectivity index (χ2n) is 3.60. The molecule has 2 rings (SSSR count). The Morgan fingerprint density at radius 3 is 3.07 bits per heavy atom. The molecule has 0 spiro atoms. The van der Waals surface area contributed by atoms with Crippen molar-refractivity contribution in [3.63, 3.8) is 0 Å². The first-order valence-electron chi connectivity index (χ1n) is 4.73. The fraction of sp³-hybridized carbons (Fsp3) is 0.600. The Hall–Kier alpha value is -1.32. The Morgan fingerprint density at radius 2 is 2.36 bits per heavy atom. The summed E-state index contributed by atoms with van der Waals surface area (Å²) in [6, 6.07) is 0. The van der Waals surface area contributed by atoms with Crippen LogP contribution in [0.5, 0.6) is 0 Å². The molecule has 0 aromatic heterocycles. The van der Waals surface area contributed by atoms with Crippen molar-refractivity contribution in [1.29, 1.82) is 0 Å². The van der Waals surface area contributed by atoms with Crippen molar-refractivity contribution < 1.29 is 19.1 Å². The molecule has 76 valence electrons. The van der Waals surface area contributed by atoms with Gasteiger partial charge >= 0.3 is 11.9 Å². The molecule has 2 fully saturated rings. The van der Waals surface area contributed by atoms with E-state index in [-0.39, 0.29) is 18.0 Å². The van der Waals surface area contributed by atoms with E-state index in [1.807, 2.05) is 0 Å². The smallest absolute Gasteiger partial charge is 0.334 e. The number of rotatable bonds is 1. The lowest BCUT2D eigenvalue weighted by atomic mass is 9.98. The highest BCUT2D eigenvalue weighted by molar-refractivity contribution is 5.98. The number of fused-ring (bicyclic) bond motifs is 1. The van der Waals surface area contributed by atoms with Gasteiger partial charge in [0, 0.05) is 12.0 Å². The molecule has 4 heteroatoms. The van der Waals surface area contributed by atoms with Crippen molar-refractivity contribution in [2.45, 2.75) is 25.4 Å². The van der Waals surface area contributed by atoms with Crippen LogP contribution in [0.3, 0.4) is 0 Å². The Kier molecular flexibility index (Phi) is 2.27. The third-order valence-electron chi connectivity index (χ3n) is 2.82. The van der Waals surface area contributed by atoms with Gasteiger partial charge in [0.05, 0.1) is 12.7 Å². The van der Waals surface area contributed by atoms with E-state index >= 15 is 0 Å². The summed E-state index contributed by atoms with van der Waals surface area (Å²) >= 11 is 0. The molecule has 0 radical (unpaired) electrons. The molecule has 1 aliphatic heterocycles. The first-order valence-corrected chi connectivity index (χ1v) is 4.73. The molecule has 1 saturated carbocycles. The molecule has 0 N–H and O–H groups in total. The van der Waals surface area contributed by atoms with Crippen LogP contribution in [0.1, 0.15) is 19.3 Å². The van der Waals surface area contributed by atoms with Crippen molar-refractivity contribution in [3.8, 4) is 0 Å². The molecule has 0 aromatic carbocycles. The van der Waals surface area contributed by atoms with Crippen LogP contribution in [0, 0.1) is 5.92 Å². The van der Waals surface area contributed by atoms with E-state index < -0.39 is 5.97 Å². The fourth-order valence-corrected chi connectivity index (χ4v) is 2.13. The van der Waals surface area contributed by atoms with Gasteiger partial charge in [0.2, 0.25) is 0 Å². The predicted molar refractivity (Wildman–Crippen MR) is 47.3 cm³/mol. The van der Waals surface area contributed by atoms with Gasteiger partial charge in [0.1, 0.15) is 6.10 Å². The van der Waals surface area contributed by atoms with Crippen LogP contribution >= 0.6 is 0 Å². The third-order valence-corrected chi connectivity index (χ3v) is 2.82. The predicted octanol–water partition coefficient (Wildman–Crippen LogP) is 0.811. The first kappa shape index (κ1) is 9.24. The lowest BCUT2D eigenvalue weighted by molar-refractivity contribution is -0.140. The van der Waals surface area contributed by atoms with Crippen molar-refractivity contribution in [3.05, 3.63) is 11.6 Å². The Morgan fingerprint density at radius 1 is 1.57 bits per heavy atom. The Balaban J connectivity index is 2.21. The van der Waals surface area contributed by atoms with E-state index in [2.05, 4.69) is 4.74 Å². The Labute approximate surface area is 81.9 Å². The molecule has 4 nitrogen and oxygen atoms in total. The normalized spacial score (nSPS) is 32.9. The van der Waals surface area contributed by atoms with Gasteiger partial charge in [-0.1, -0.05) is 0 Å². The van der Waals surface area contributed by atoms with Crippen LogP contribution in [0.4, 0.5) is 0 Å². The van der Waals surface area contributed by atoms with Gasteiger partial charge in [-0.05, 0) is 19.3 Å². The zero-order valence-electron chi connectivity index (χ0n) is 7.99. The number of methoxy groups -OCH3 is 1. The summed E-state index contributed by atoms with van der Waals surface area (Å²) in [6.45, 7) is 0. The van der Waals surface area contributed by atoms with Gasteiger partial charge in [0.15, 0.2) is 0 Å². The molecule has 1 heterocycles. The van der Waals surface area contributed by atoms with Gasteiger partial charge in [-0.3, -0.25) is 0 Å². The number of esters is 2. The van der Waals surface area contributed by atoms with Crippen LogP contribution in [0.25, 0.3) is 0 Å². The molecular weight excluding hydrogens is 184 g/mol. The maximum Gasteiger partial charge on any atom is 0.334 e. The maximum absolute atomic E-state index is 11.3. The average Bonchev–Trinajstić information content (AvgIpc) is 2.70. The minimum atomic E-state index is -0.482. The number of ether oxygens (including phenoxy) is 2. The molecule has 0 aromatic rings. The monoisotopic (exact) mass is 196 g/mol. The van der Waals surface area contributed by atoms with Crippen molar-refractivity contribution in [2.75, 3.05) is 7.11 Å². The average molecular weight is 196 g/mol. The van der Waals surface area contributed by atoms with Crippen molar-refractivity contribution in [1.82, 2.24) is 0 Å². The fourth-order valence-electron chi connectivity index (χ4n) is 2.13. The van der Waals surface area contributed by atoms with E-state index in [9.17, 15) is 9.59 Å². The summed E-state index contributed by atoms with van der Waals surface area (Å²) in [5.41, 5.74) is 0.486. The van der Waals surface area contributed by atoms with Crippen LogP contribution in [0.15, 0.2) is 11.6 Å². The van der Waals surface area contributed by atoms with Crippen molar-refractivity contribution >= 4 is 11.9 Å². The van der Waals surface area contributed by atoms with Crippen LogP contribution in [-0.4, -0.2) is 25.2 Å². The Bertz CT molecular complexity index is 305. The highest BCUT2D eigenvalue weighted by Gasteiger charge is 2.43. The van der Waals surface area contributed by atoms with Gasteiger partial charge in [-0.15, -0.1) is 0 Å². The molecule has 14 heavy (non-hydrogen) atoms. The topological polar surface area (TPSA) is 52.6 Å². The molecule has 2 atom stereocenters. The lowest BCUT2D eigenvalue weighted by Gasteiger charge is -2.04. The summed E-state index contributed by atoms with van der Waals surface area (Å²) in [4.78, 5) is 22.3. The van der Waals surface area contributed by atoms with Crippen LogP contribution in [0.2, 0.25) is 0 Å². The van der Waals surface area contributed by atoms with E-state index in [1.165, 1.54) is 13.2 Å². The van der Waals surface area contributed by atoms with E-state index in [1.54, 1.807) is 0 Å². The van der Waals surface area contributed by atoms with E-state index in [4.69, 9.17) is 4.74 Å². The lowest BCUT2D eigenvalue weighted by Crippen LogP contribution is -2.08. The minimum absolute atomic E-state index is 0.00148. The largest absolute Gasteiger partial charge is 0.466 e. The van der Waals surface area contributed by atoms with Gasteiger partial charge < -0.3 is 9.47 Å². The molecule has 0 bridgehead atoms. The summed E-state index contributed by atoms with van der Waals surface area (Å²) in [7, 11) is 1.30. The number of carbonyl (C=O) groups excluding carboxylic acids is 2. The van der Waals surface area contributed by atoms with Crippen molar-refractivity contribution in [2.24, 2.45) is 5.92 Å². The summed E-state index contributed by atoms with van der Waals surface area (Å²) in [5.74, 6) is -0.726. The minimum Gasteiger partial charge on any atom is -0.466 e. The first-order chi connectivity index (χ1) is 6.72. The number of hydrogen-bond donors (Lipinski definition) is 0. The number of hydrogen-bond acceptors (Lipinski definition) is 4. The van der Waals surface area contributed by atoms with Gasteiger partial charge in [-0.25, -0.2) is 9.59 Å². The van der Waals surface area contributed by atoms with Crippen LogP contribution < -0.4 is 0 Å². The zero-order valence-corrected chi connectivity index (χ0v) is 7.99. The summed E-state index contributed by atoms with van der Waals surface area (Å²) in [6.07, 6.45) is 4.16.